The average molecular weight is 519 g/mol. The molecular weight excluding hydrogens is 492 g/mol. The molecule has 1 atom stereocenters. The Balaban J connectivity index is 1.72. The third-order valence-corrected chi connectivity index (χ3v) is 6.72. The number of rotatable bonds is 5. The summed E-state index contributed by atoms with van der Waals surface area (Å²) in [5.74, 6) is -0.274. The first-order valence-electron chi connectivity index (χ1n) is 11.7. The zero-order valence-corrected chi connectivity index (χ0v) is 22.2. The van der Waals surface area contributed by atoms with E-state index in [-0.39, 0.29) is 23.2 Å². The molecule has 5 rings (SSSR count). The summed E-state index contributed by atoms with van der Waals surface area (Å²) >= 11 is 6.24. The molecule has 4 aromatic heterocycles. The van der Waals surface area contributed by atoms with Crippen LogP contribution in [0.3, 0.4) is 0 Å². The Morgan fingerprint density at radius 1 is 1.22 bits per heavy atom. The highest BCUT2D eigenvalue weighted by atomic mass is 35.5. The van der Waals surface area contributed by atoms with E-state index in [4.69, 9.17) is 11.6 Å². The van der Waals surface area contributed by atoms with E-state index in [0.717, 1.165) is 28.1 Å². The van der Waals surface area contributed by atoms with E-state index in [2.05, 4.69) is 25.5 Å². The molecule has 1 amide bonds. The summed E-state index contributed by atoms with van der Waals surface area (Å²) in [5, 5.41) is 11.6. The molecule has 2 N–H and O–H groups in total. The van der Waals surface area contributed by atoms with Crippen LogP contribution in [0.4, 0.5) is 5.69 Å². The van der Waals surface area contributed by atoms with Crippen molar-refractivity contribution in [2.24, 2.45) is 7.05 Å². The predicted molar refractivity (Wildman–Crippen MR) is 144 cm³/mol. The van der Waals surface area contributed by atoms with Gasteiger partial charge in [-0.3, -0.25) is 23.7 Å². The summed E-state index contributed by atoms with van der Waals surface area (Å²) in [4.78, 5) is 36.7. The van der Waals surface area contributed by atoms with Gasteiger partial charge in [-0.2, -0.15) is 5.10 Å². The highest BCUT2D eigenvalue weighted by molar-refractivity contribution is 6.29. The number of fused-ring (bicyclic) bond motifs is 3. The Morgan fingerprint density at radius 3 is 2.65 bits per heavy atom. The lowest BCUT2D eigenvalue weighted by Crippen LogP contribution is -2.26. The molecule has 0 spiro atoms. The molecule has 37 heavy (non-hydrogen) atoms. The molecule has 11 heteroatoms. The zero-order chi connectivity index (χ0) is 26.6. The van der Waals surface area contributed by atoms with E-state index >= 15 is 0 Å². The molecular formula is C26H27ClN8O2. The number of carbonyl (C=O) groups excluding carboxylic acids is 1. The molecule has 0 aliphatic carbocycles. The van der Waals surface area contributed by atoms with Crippen molar-refractivity contribution in [1.29, 1.82) is 0 Å². The number of amides is 1. The maximum absolute atomic E-state index is 13.5. The fourth-order valence-corrected chi connectivity index (χ4v) is 4.85. The number of nitrogens with zero attached hydrogens (tertiary/aromatic N) is 6. The topological polar surface area (TPSA) is 113 Å². The van der Waals surface area contributed by atoms with Crippen LogP contribution in [0.25, 0.3) is 27.8 Å². The van der Waals surface area contributed by atoms with Crippen LogP contribution in [0.15, 0.2) is 41.6 Å². The van der Waals surface area contributed by atoms with Gasteiger partial charge in [0.2, 0.25) is 0 Å². The van der Waals surface area contributed by atoms with Crippen molar-refractivity contribution in [3.05, 3.63) is 74.8 Å². The highest BCUT2D eigenvalue weighted by Crippen LogP contribution is 2.34. The second kappa shape index (κ2) is 9.04. The molecule has 190 valence electrons. The smallest absolute Gasteiger partial charge is 0.275 e. The van der Waals surface area contributed by atoms with Crippen LogP contribution >= 0.6 is 11.6 Å². The van der Waals surface area contributed by atoms with E-state index in [1.54, 1.807) is 39.7 Å². The van der Waals surface area contributed by atoms with Gasteiger partial charge in [0.15, 0.2) is 11.3 Å². The van der Waals surface area contributed by atoms with Crippen molar-refractivity contribution in [3.8, 4) is 11.3 Å². The van der Waals surface area contributed by atoms with Gasteiger partial charge in [-0.1, -0.05) is 17.7 Å². The summed E-state index contributed by atoms with van der Waals surface area (Å²) < 4.78 is 3.30. The van der Waals surface area contributed by atoms with Crippen molar-refractivity contribution in [1.82, 2.24) is 34.0 Å². The standard InChI is InChI=1S/C26H27ClN8O2/c1-13-9-16(14(2)30-19-7-8-20(27)31-21(19)18-11-29-32-15(18)3)23-17(10-13)25(36)34(6)24-22(26(37)33(4)5)28-12-35(23)24/h7-12,14,30H,1-6H3,(H,29,32). The van der Waals surface area contributed by atoms with Gasteiger partial charge >= 0.3 is 0 Å². The highest BCUT2D eigenvalue weighted by Gasteiger charge is 2.24. The van der Waals surface area contributed by atoms with Crippen molar-refractivity contribution in [2.45, 2.75) is 26.8 Å². The van der Waals surface area contributed by atoms with Crippen LogP contribution in [0.2, 0.25) is 5.15 Å². The Labute approximate surface area is 217 Å². The van der Waals surface area contributed by atoms with Gasteiger partial charge in [0.25, 0.3) is 11.5 Å². The average Bonchev–Trinajstić information content (AvgIpc) is 3.49. The van der Waals surface area contributed by atoms with E-state index in [0.29, 0.717) is 27.4 Å². The zero-order valence-electron chi connectivity index (χ0n) is 21.4. The number of hydrogen-bond donors (Lipinski definition) is 2. The third kappa shape index (κ3) is 4.03. The number of anilines is 1. The second-order valence-corrected chi connectivity index (χ2v) is 9.77. The van der Waals surface area contributed by atoms with Crippen molar-refractivity contribution in [2.75, 3.05) is 19.4 Å². The lowest BCUT2D eigenvalue weighted by molar-refractivity contribution is 0.0824. The molecule has 0 saturated carbocycles. The first-order chi connectivity index (χ1) is 17.6. The van der Waals surface area contributed by atoms with E-state index < -0.39 is 0 Å². The number of benzene rings is 1. The van der Waals surface area contributed by atoms with Crippen molar-refractivity contribution in [3.63, 3.8) is 0 Å². The van der Waals surface area contributed by atoms with Gasteiger partial charge < -0.3 is 10.2 Å². The van der Waals surface area contributed by atoms with Gasteiger partial charge in [0.1, 0.15) is 11.5 Å². The van der Waals surface area contributed by atoms with Crippen LogP contribution < -0.4 is 10.9 Å². The molecule has 5 aromatic rings. The van der Waals surface area contributed by atoms with Crippen LogP contribution in [0.1, 0.15) is 40.3 Å². The summed E-state index contributed by atoms with van der Waals surface area (Å²) in [5.41, 5.74) is 6.05. The number of aromatic nitrogens is 6. The van der Waals surface area contributed by atoms with Gasteiger partial charge in [-0.15, -0.1) is 0 Å². The Morgan fingerprint density at radius 2 is 1.97 bits per heavy atom. The van der Waals surface area contributed by atoms with E-state index in [9.17, 15) is 9.59 Å². The number of imidazole rings is 1. The van der Waals surface area contributed by atoms with Crippen LogP contribution in [0, 0.1) is 13.8 Å². The monoisotopic (exact) mass is 518 g/mol. The fraction of sp³-hybridized carbons (Fsp3) is 0.269. The molecule has 0 aliphatic rings. The van der Waals surface area contributed by atoms with Crippen molar-refractivity contribution >= 4 is 39.7 Å². The number of aryl methyl sites for hydroxylation is 3. The van der Waals surface area contributed by atoms with Crippen LogP contribution in [0.5, 0.6) is 0 Å². The maximum atomic E-state index is 13.5. The number of halogens is 1. The number of aromatic amines is 1. The molecule has 0 fully saturated rings. The number of nitrogens with one attached hydrogen (secondary N) is 2. The summed E-state index contributed by atoms with van der Waals surface area (Å²) in [7, 11) is 4.98. The Hall–Kier alpha value is -4.18. The van der Waals surface area contributed by atoms with Gasteiger partial charge in [0, 0.05) is 32.9 Å². The molecule has 0 aliphatic heterocycles. The molecule has 0 bridgehead atoms. The molecule has 0 saturated heterocycles. The molecule has 1 unspecified atom stereocenters. The second-order valence-electron chi connectivity index (χ2n) is 9.38. The predicted octanol–water partition coefficient (Wildman–Crippen LogP) is 4.12. The normalized spacial score (nSPS) is 12.3. The fourth-order valence-electron chi connectivity index (χ4n) is 4.70. The molecule has 4 heterocycles. The van der Waals surface area contributed by atoms with Gasteiger partial charge in [0.05, 0.1) is 34.0 Å². The molecule has 0 radical (unpaired) electrons. The minimum absolute atomic E-state index is 0.198. The van der Waals surface area contributed by atoms with Crippen molar-refractivity contribution < 1.29 is 4.79 Å². The van der Waals surface area contributed by atoms with Gasteiger partial charge in [-0.25, -0.2) is 9.97 Å². The van der Waals surface area contributed by atoms with Crippen LogP contribution in [-0.4, -0.2) is 54.0 Å². The number of H-pyrrole nitrogens is 1. The minimum Gasteiger partial charge on any atom is -0.377 e. The Kier molecular flexibility index (Phi) is 5.99. The summed E-state index contributed by atoms with van der Waals surface area (Å²) in [6, 6.07) is 7.27. The third-order valence-electron chi connectivity index (χ3n) is 6.51. The Bertz CT molecular complexity index is 1750. The number of pyridine rings is 1. The largest absolute Gasteiger partial charge is 0.377 e. The molecule has 1 aromatic carbocycles. The summed E-state index contributed by atoms with van der Waals surface area (Å²) in [6.07, 6.45) is 3.39. The SMILES string of the molecule is Cc1cc(C(C)Nc2ccc(Cl)nc2-c2c[nH]nc2C)c2c(c1)c(=O)n(C)c1c(C(=O)N(C)C)ncn21. The summed E-state index contributed by atoms with van der Waals surface area (Å²) in [6.45, 7) is 5.87. The number of carbonyl (C=O) groups is 1. The lowest BCUT2D eigenvalue weighted by atomic mass is 10.00. The van der Waals surface area contributed by atoms with Gasteiger partial charge in [-0.05, 0) is 50.1 Å². The molecule has 10 nitrogen and oxygen atoms in total. The quantitative estimate of drug-likeness (QED) is 0.338. The van der Waals surface area contributed by atoms with E-state index in [1.165, 1.54) is 9.47 Å². The first kappa shape index (κ1) is 24.5. The number of hydrogen-bond acceptors (Lipinski definition) is 6. The maximum Gasteiger partial charge on any atom is 0.275 e. The minimum atomic E-state index is -0.274. The van der Waals surface area contributed by atoms with E-state index in [1.807, 2.05) is 43.4 Å². The first-order valence-corrected chi connectivity index (χ1v) is 12.1. The van der Waals surface area contributed by atoms with Crippen LogP contribution in [-0.2, 0) is 7.05 Å². The lowest BCUT2D eigenvalue weighted by Gasteiger charge is -2.21.